The SMILES string of the molecule is CC(C)C(=O)NC(=O)C(C)C.CC(C)C(=O)NC(=S)C(C)C. The molecule has 128 valence electrons. The van der Waals surface area contributed by atoms with Crippen LogP contribution in [0.4, 0.5) is 0 Å². The highest BCUT2D eigenvalue weighted by atomic mass is 32.1. The van der Waals surface area contributed by atoms with Crippen LogP contribution in [0.2, 0.25) is 0 Å². The Labute approximate surface area is 139 Å². The van der Waals surface area contributed by atoms with Crippen molar-refractivity contribution in [2.75, 3.05) is 0 Å². The lowest BCUT2D eigenvalue weighted by Gasteiger charge is -2.10. The first-order chi connectivity index (χ1) is 9.89. The molecule has 3 amide bonds. The van der Waals surface area contributed by atoms with Crippen LogP contribution in [0.25, 0.3) is 0 Å². The largest absolute Gasteiger partial charge is 0.320 e. The first kappa shape index (κ1) is 23.0. The summed E-state index contributed by atoms with van der Waals surface area (Å²) in [7, 11) is 0. The maximum Gasteiger partial charge on any atom is 0.229 e. The van der Waals surface area contributed by atoms with E-state index in [4.69, 9.17) is 12.2 Å². The Hall–Kier alpha value is -1.30. The number of carbonyl (C=O) groups excluding carboxylic acids is 3. The molecule has 0 aliphatic rings. The van der Waals surface area contributed by atoms with Crippen molar-refractivity contribution in [1.29, 1.82) is 0 Å². The highest BCUT2D eigenvalue weighted by molar-refractivity contribution is 7.80. The van der Waals surface area contributed by atoms with Crippen molar-refractivity contribution < 1.29 is 14.4 Å². The van der Waals surface area contributed by atoms with E-state index in [0.29, 0.717) is 4.99 Å². The van der Waals surface area contributed by atoms with Gasteiger partial charge in [-0.15, -0.1) is 0 Å². The number of imide groups is 1. The van der Waals surface area contributed by atoms with Gasteiger partial charge in [0.2, 0.25) is 17.7 Å². The van der Waals surface area contributed by atoms with Crippen molar-refractivity contribution in [1.82, 2.24) is 10.6 Å². The van der Waals surface area contributed by atoms with Crippen LogP contribution in [-0.4, -0.2) is 22.7 Å². The monoisotopic (exact) mass is 330 g/mol. The van der Waals surface area contributed by atoms with E-state index in [1.807, 2.05) is 27.7 Å². The molecule has 0 unspecified atom stereocenters. The number of thiocarbonyl (C=S) groups is 1. The molecule has 0 atom stereocenters. The van der Waals surface area contributed by atoms with E-state index >= 15 is 0 Å². The molecule has 6 heteroatoms. The third-order valence-corrected chi connectivity index (χ3v) is 3.16. The van der Waals surface area contributed by atoms with Crippen LogP contribution in [-0.2, 0) is 14.4 Å². The Morgan fingerprint density at radius 1 is 0.591 bits per heavy atom. The number of hydrogen-bond donors (Lipinski definition) is 2. The third-order valence-electron chi connectivity index (χ3n) is 2.59. The van der Waals surface area contributed by atoms with Crippen molar-refractivity contribution in [2.24, 2.45) is 23.7 Å². The molecule has 22 heavy (non-hydrogen) atoms. The molecule has 0 spiro atoms. The molecule has 0 saturated carbocycles. The average molecular weight is 330 g/mol. The Kier molecular flexibility index (Phi) is 11.8. The van der Waals surface area contributed by atoms with Crippen molar-refractivity contribution in [3.8, 4) is 0 Å². The fourth-order valence-corrected chi connectivity index (χ4v) is 0.921. The van der Waals surface area contributed by atoms with Crippen LogP contribution >= 0.6 is 12.2 Å². The fourth-order valence-electron chi connectivity index (χ4n) is 0.820. The maximum atomic E-state index is 11.1. The highest BCUT2D eigenvalue weighted by Crippen LogP contribution is 1.97. The maximum absolute atomic E-state index is 11.1. The van der Waals surface area contributed by atoms with Gasteiger partial charge in [0.15, 0.2) is 0 Å². The first-order valence-corrected chi connectivity index (χ1v) is 8.00. The molecule has 0 rings (SSSR count). The topological polar surface area (TPSA) is 75.3 Å². The fraction of sp³-hybridized carbons (Fsp3) is 0.750. The summed E-state index contributed by atoms with van der Waals surface area (Å²) in [5.41, 5.74) is 0. The van der Waals surface area contributed by atoms with Gasteiger partial charge in [-0.1, -0.05) is 67.6 Å². The van der Waals surface area contributed by atoms with Crippen molar-refractivity contribution >= 4 is 34.9 Å². The number of hydrogen-bond acceptors (Lipinski definition) is 4. The zero-order valence-electron chi connectivity index (χ0n) is 14.9. The lowest BCUT2D eigenvalue weighted by Crippen LogP contribution is -2.36. The lowest BCUT2D eigenvalue weighted by molar-refractivity contribution is -0.133. The molecule has 0 saturated heterocycles. The minimum atomic E-state index is -0.205. The molecule has 0 fully saturated rings. The third kappa shape index (κ3) is 11.4. The summed E-state index contributed by atoms with van der Waals surface area (Å²) in [4.78, 5) is 33.5. The molecular weight excluding hydrogens is 300 g/mol. The summed E-state index contributed by atoms with van der Waals surface area (Å²) < 4.78 is 0. The minimum Gasteiger partial charge on any atom is -0.320 e. The van der Waals surface area contributed by atoms with Crippen LogP contribution < -0.4 is 10.6 Å². The van der Waals surface area contributed by atoms with Crippen molar-refractivity contribution in [2.45, 2.75) is 55.4 Å². The number of nitrogens with one attached hydrogen (secondary N) is 2. The smallest absolute Gasteiger partial charge is 0.229 e. The van der Waals surface area contributed by atoms with Crippen LogP contribution in [0, 0.1) is 23.7 Å². The number of amides is 3. The number of carbonyl (C=O) groups is 3. The summed E-state index contributed by atoms with van der Waals surface area (Å²) in [5, 5.41) is 4.97. The van der Waals surface area contributed by atoms with Gasteiger partial charge in [0.05, 0.1) is 4.99 Å². The summed E-state index contributed by atoms with van der Waals surface area (Å²) in [6.07, 6.45) is 0. The van der Waals surface area contributed by atoms with Gasteiger partial charge in [-0.2, -0.15) is 0 Å². The predicted molar refractivity (Wildman–Crippen MR) is 93.2 cm³/mol. The Morgan fingerprint density at radius 2 is 0.864 bits per heavy atom. The van der Waals surface area contributed by atoms with E-state index in [2.05, 4.69) is 10.6 Å². The van der Waals surface area contributed by atoms with E-state index in [9.17, 15) is 14.4 Å². The molecule has 0 aromatic heterocycles. The normalized spacial score (nSPS) is 10.4. The van der Waals surface area contributed by atoms with Crippen LogP contribution in [0.5, 0.6) is 0 Å². The second kappa shape index (κ2) is 11.3. The molecular formula is C16H30N2O3S. The quantitative estimate of drug-likeness (QED) is 0.777. The van der Waals surface area contributed by atoms with Crippen LogP contribution in [0.15, 0.2) is 0 Å². The van der Waals surface area contributed by atoms with E-state index in [1.165, 1.54) is 0 Å². The van der Waals surface area contributed by atoms with Gasteiger partial charge in [0.1, 0.15) is 0 Å². The molecule has 2 N–H and O–H groups in total. The predicted octanol–water partition coefficient (Wildman–Crippen LogP) is 2.68. The molecule has 0 aromatic carbocycles. The van der Waals surface area contributed by atoms with E-state index in [1.54, 1.807) is 27.7 Å². The summed E-state index contributed by atoms with van der Waals surface area (Å²) in [6.45, 7) is 14.6. The summed E-state index contributed by atoms with van der Waals surface area (Å²) in [6, 6.07) is 0. The Balaban J connectivity index is 0. The highest BCUT2D eigenvalue weighted by Gasteiger charge is 2.13. The second-order valence-corrected chi connectivity index (χ2v) is 6.77. The summed E-state index contributed by atoms with van der Waals surface area (Å²) in [5.74, 6) is -0.411. The number of rotatable bonds is 4. The molecule has 0 aliphatic carbocycles. The van der Waals surface area contributed by atoms with E-state index < -0.39 is 0 Å². The molecule has 0 radical (unpaired) electrons. The standard InChI is InChI=1S/C8H15NO2.C8H15NOS/c2*1-5(2)7(10)9-8(11)6(3)4/h2*5-6H,1-4H3,(H,9,10,11). The first-order valence-electron chi connectivity index (χ1n) is 7.59. The van der Waals surface area contributed by atoms with Gasteiger partial charge < -0.3 is 5.32 Å². The average Bonchev–Trinajstić information content (AvgIpc) is 2.38. The summed E-state index contributed by atoms with van der Waals surface area (Å²) >= 11 is 4.94. The molecule has 5 nitrogen and oxygen atoms in total. The molecule has 0 heterocycles. The molecule has 0 aromatic rings. The van der Waals surface area contributed by atoms with Gasteiger partial charge in [0, 0.05) is 23.7 Å². The van der Waals surface area contributed by atoms with E-state index in [0.717, 1.165) is 0 Å². The zero-order chi connectivity index (χ0) is 18.0. The van der Waals surface area contributed by atoms with Crippen LogP contribution in [0.1, 0.15) is 55.4 Å². The van der Waals surface area contributed by atoms with Gasteiger partial charge in [-0.05, 0) is 0 Å². The molecule has 0 bridgehead atoms. The van der Waals surface area contributed by atoms with Gasteiger partial charge in [-0.25, -0.2) is 0 Å². The van der Waals surface area contributed by atoms with Gasteiger partial charge in [0.25, 0.3) is 0 Å². The zero-order valence-corrected chi connectivity index (χ0v) is 15.8. The van der Waals surface area contributed by atoms with Gasteiger partial charge >= 0.3 is 0 Å². The minimum absolute atomic E-state index is 0.00343. The molecule has 0 aliphatic heterocycles. The Bertz CT molecular complexity index is 328. The van der Waals surface area contributed by atoms with Crippen molar-refractivity contribution in [3.05, 3.63) is 0 Å². The van der Waals surface area contributed by atoms with Gasteiger partial charge in [-0.3, -0.25) is 19.7 Å². The lowest BCUT2D eigenvalue weighted by atomic mass is 10.1. The second-order valence-electron chi connectivity index (χ2n) is 6.33. The van der Waals surface area contributed by atoms with Crippen LogP contribution in [0.3, 0.4) is 0 Å². The van der Waals surface area contributed by atoms with Crippen molar-refractivity contribution in [3.63, 3.8) is 0 Å². The Morgan fingerprint density at radius 3 is 1.09 bits per heavy atom. The van der Waals surface area contributed by atoms with E-state index in [-0.39, 0.29) is 41.4 Å².